The van der Waals surface area contributed by atoms with Gasteiger partial charge in [0.25, 0.3) is 0 Å². The van der Waals surface area contributed by atoms with Crippen LogP contribution in [0.4, 0.5) is 0 Å². The second kappa shape index (κ2) is 6.91. The van der Waals surface area contributed by atoms with E-state index in [9.17, 15) is 4.79 Å². The zero-order chi connectivity index (χ0) is 14.4. The first-order valence-corrected chi connectivity index (χ1v) is 6.86. The first-order chi connectivity index (χ1) is 9.69. The summed E-state index contributed by atoms with van der Waals surface area (Å²) in [6.07, 6.45) is 5.30. The molecular weight excluding hydrogens is 252 g/mol. The molecule has 0 unspecified atom stereocenters. The highest BCUT2D eigenvalue weighted by atomic mass is 16.4. The molecule has 0 fully saturated rings. The lowest BCUT2D eigenvalue weighted by atomic mass is 10.1. The Kier molecular flexibility index (Phi) is 4.96. The zero-order valence-corrected chi connectivity index (χ0v) is 11.7. The predicted octanol–water partition coefficient (Wildman–Crippen LogP) is 2.73. The van der Waals surface area contributed by atoms with Crippen LogP contribution in [0.5, 0.6) is 0 Å². The Morgan fingerprint density at radius 3 is 2.60 bits per heavy atom. The molecule has 0 saturated carbocycles. The summed E-state index contributed by atoms with van der Waals surface area (Å²) in [4.78, 5) is 10.8. The van der Waals surface area contributed by atoms with Crippen LogP contribution in [0.15, 0.2) is 42.7 Å². The molecule has 0 amide bonds. The Morgan fingerprint density at radius 2 is 1.95 bits per heavy atom. The van der Waals surface area contributed by atoms with E-state index in [1.165, 1.54) is 5.56 Å². The highest BCUT2D eigenvalue weighted by Crippen LogP contribution is 2.08. The largest absolute Gasteiger partial charge is 0.478 e. The second-order valence-corrected chi connectivity index (χ2v) is 4.87. The normalized spacial score (nSPS) is 10.7. The Bertz CT molecular complexity index is 558. The smallest absolute Gasteiger partial charge is 0.335 e. The topological polar surface area (TPSA) is 54.3 Å². The maximum absolute atomic E-state index is 10.8. The highest BCUT2D eigenvalue weighted by Gasteiger charge is 2.02. The van der Waals surface area contributed by atoms with Gasteiger partial charge in [0.05, 0.1) is 5.56 Å². The number of aromatic carboxylic acids is 1. The van der Waals surface area contributed by atoms with Gasteiger partial charge >= 0.3 is 5.97 Å². The van der Waals surface area contributed by atoms with E-state index in [0.29, 0.717) is 5.56 Å². The molecule has 0 aliphatic heterocycles. The van der Waals surface area contributed by atoms with Gasteiger partial charge in [-0.05, 0) is 42.3 Å². The van der Waals surface area contributed by atoms with Crippen LogP contribution in [0.25, 0.3) is 0 Å². The molecular formula is C16H20N2O2. The van der Waals surface area contributed by atoms with E-state index >= 15 is 0 Å². The van der Waals surface area contributed by atoms with Crippen molar-refractivity contribution in [2.24, 2.45) is 0 Å². The van der Waals surface area contributed by atoms with Crippen molar-refractivity contribution >= 4 is 5.97 Å². The van der Waals surface area contributed by atoms with Crippen LogP contribution in [-0.4, -0.2) is 22.2 Å². The van der Waals surface area contributed by atoms with Gasteiger partial charge in [0.15, 0.2) is 0 Å². The van der Waals surface area contributed by atoms with Gasteiger partial charge in [-0.3, -0.25) is 0 Å². The van der Waals surface area contributed by atoms with Crippen LogP contribution in [0, 0.1) is 0 Å². The van der Waals surface area contributed by atoms with Crippen molar-refractivity contribution in [3.05, 3.63) is 59.4 Å². The fraction of sp³-hybridized carbons (Fsp3) is 0.312. The maximum atomic E-state index is 10.8. The number of aromatic nitrogens is 1. The molecule has 4 heteroatoms. The number of nitrogens with zero attached hydrogens (tertiary/aromatic N) is 1. The lowest BCUT2D eigenvalue weighted by Gasteiger charge is -2.04. The zero-order valence-electron chi connectivity index (χ0n) is 11.7. The van der Waals surface area contributed by atoms with E-state index in [0.717, 1.165) is 31.6 Å². The minimum absolute atomic E-state index is 0.325. The Balaban J connectivity index is 1.94. The van der Waals surface area contributed by atoms with Crippen LogP contribution >= 0.6 is 0 Å². The molecule has 2 rings (SSSR count). The quantitative estimate of drug-likeness (QED) is 0.762. The third-order valence-electron chi connectivity index (χ3n) is 3.13. The first kappa shape index (κ1) is 14.3. The molecule has 0 bridgehead atoms. The monoisotopic (exact) mass is 272 g/mol. The van der Waals surface area contributed by atoms with Gasteiger partial charge in [-0.1, -0.05) is 19.1 Å². The predicted molar refractivity (Wildman–Crippen MR) is 78.9 cm³/mol. The SMILES string of the molecule is CCCNCc1ccn(Cc2ccc(C(=O)O)cc2)c1. The minimum atomic E-state index is -0.887. The van der Waals surface area contributed by atoms with E-state index in [-0.39, 0.29) is 0 Å². The average molecular weight is 272 g/mol. The molecule has 0 atom stereocenters. The van der Waals surface area contributed by atoms with Gasteiger partial charge < -0.3 is 15.0 Å². The molecule has 2 aromatic rings. The molecule has 0 saturated heterocycles. The highest BCUT2D eigenvalue weighted by molar-refractivity contribution is 5.87. The van der Waals surface area contributed by atoms with Gasteiger partial charge in [-0.2, -0.15) is 0 Å². The second-order valence-electron chi connectivity index (χ2n) is 4.87. The standard InChI is InChI=1S/C16H20N2O2/c1-2-8-17-10-14-7-9-18(12-14)11-13-3-5-15(6-4-13)16(19)20/h3-7,9,12,17H,2,8,10-11H2,1H3,(H,19,20). The summed E-state index contributed by atoms with van der Waals surface area (Å²) in [5.74, 6) is -0.887. The van der Waals surface area contributed by atoms with Gasteiger partial charge in [0, 0.05) is 25.5 Å². The third-order valence-corrected chi connectivity index (χ3v) is 3.13. The number of rotatable bonds is 7. The number of nitrogens with one attached hydrogen (secondary N) is 1. The van der Waals surface area contributed by atoms with E-state index in [2.05, 4.69) is 29.1 Å². The summed E-state index contributed by atoms with van der Waals surface area (Å²) in [5, 5.41) is 12.2. The van der Waals surface area contributed by atoms with Crippen LogP contribution in [0.1, 0.15) is 34.8 Å². The lowest BCUT2D eigenvalue weighted by molar-refractivity contribution is 0.0697. The van der Waals surface area contributed by atoms with Crippen molar-refractivity contribution in [2.75, 3.05) is 6.54 Å². The van der Waals surface area contributed by atoms with Crippen molar-refractivity contribution in [2.45, 2.75) is 26.4 Å². The van der Waals surface area contributed by atoms with Crippen molar-refractivity contribution < 1.29 is 9.90 Å². The molecule has 1 aromatic carbocycles. The van der Waals surface area contributed by atoms with Gasteiger partial charge in [0.2, 0.25) is 0 Å². The van der Waals surface area contributed by atoms with Gasteiger partial charge in [-0.15, -0.1) is 0 Å². The molecule has 1 aromatic heterocycles. The summed E-state index contributed by atoms with van der Waals surface area (Å²) in [5.41, 5.74) is 2.69. The summed E-state index contributed by atoms with van der Waals surface area (Å²) in [6.45, 7) is 4.83. The number of carboxylic acid groups (broad SMARTS) is 1. The molecule has 4 nitrogen and oxygen atoms in total. The number of hydrogen-bond donors (Lipinski definition) is 2. The Labute approximate surface area is 119 Å². The minimum Gasteiger partial charge on any atom is -0.478 e. The third kappa shape index (κ3) is 3.96. The van der Waals surface area contributed by atoms with E-state index in [4.69, 9.17) is 5.11 Å². The van der Waals surface area contributed by atoms with Crippen LogP contribution in [0.3, 0.4) is 0 Å². The number of carboxylic acids is 1. The summed E-state index contributed by atoms with van der Waals surface area (Å²) in [7, 11) is 0. The van der Waals surface area contributed by atoms with Crippen LogP contribution < -0.4 is 5.32 Å². The number of hydrogen-bond acceptors (Lipinski definition) is 2. The molecule has 0 aliphatic carbocycles. The molecule has 2 N–H and O–H groups in total. The van der Waals surface area contributed by atoms with Crippen LogP contribution in [0.2, 0.25) is 0 Å². The van der Waals surface area contributed by atoms with Crippen molar-refractivity contribution in [1.82, 2.24) is 9.88 Å². The molecule has 0 radical (unpaired) electrons. The van der Waals surface area contributed by atoms with E-state index < -0.39 is 5.97 Å². The van der Waals surface area contributed by atoms with E-state index in [1.807, 2.05) is 18.3 Å². The summed E-state index contributed by atoms with van der Waals surface area (Å²) in [6, 6.07) is 9.11. The molecule has 1 heterocycles. The van der Waals surface area contributed by atoms with E-state index in [1.54, 1.807) is 12.1 Å². The molecule has 0 spiro atoms. The molecule has 20 heavy (non-hydrogen) atoms. The van der Waals surface area contributed by atoms with Crippen LogP contribution in [-0.2, 0) is 13.1 Å². The van der Waals surface area contributed by atoms with Crippen molar-refractivity contribution in [3.8, 4) is 0 Å². The average Bonchev–Trinajstić information content (AvgIpc) is 2.87. The lowest BCUT2D eigenvalue weighted by Crippen LogP contribution is -2.13. The van der Waals surface area contributed by atoms with Gasteiger partial charge in [0.1, 0.15) is 0 Å². The fourth-order valence-corrected chi connectivity index (χ4v) is 2.07. The first-order valence-electron chi connectivity index (χ1n) is 6.86. The number of carbonyl (C=O) groups is 1. The maximum Gasteiger partial charge on any atom is 0.335 e. The molecule has 0 aliphatic rings. The Morgan fingerprint density at radius 1 is 1.20 bits per heavy atom. The fourth-order valence-electron chi connectivity index (χ4n) is 2.07. The number of benzene rings is 1. The molecule has 106 valence electrons. The van der Waals surface area contributed by atoms with Gasteiger partial charge in [-0.25, -0.2) is 4.79 Å². The van der Waals surface area contributed by atoms with Crippen molar-refractivity contribution in [1.29, 1.82) is 0 Å². The summed E-state index contributed by atoms with van der Waals surface area (Å²) < 4.78 is 2.11. The summed E-state index contributed by atoms with van der Waals surface area (Å²) >= 11 is 0. The van der Waals surface area contributed by atoms with Crippen molar-refractivity contribution in [3.63, 3.8) is 0 Å². The Hall–Kier alpha value is -2.07.